The SMILES string of the molecule is CC.CCOC(=O)/C(C)=C/C1CCNCC1.CCOC=O. The van der Waals surface area contributed by atoms with Crippen molar-refractivity contribution < 1.29 is 19.1 Å². The first kappa shape index (κ1) is 21.9. The molecular weight excluding hydrogens is 270 g/mol. The van der Waals surface area contributed by atoms with Crippen LogP contribution in [0.4, 0.5) is 0 Å². The normalized spacial score (nSPS) is 14.8. The number of nitrogens with one attached hydrogen (secondary N) is 1. The lowest BCUT2D eigenvalue weighted by molar-refractivity contribution is -0.138. The van der Waals surface area contributed by atoms with Crippen LogP contribution in [0, 0.1) is 5.92 Å². The summed E-state index contributed by atoms with van der Waals surface area (Å²) in [5, 5.41) is 3.30. The Labute approximate surface area is 129 Å². The van der Waals surface area contributed by atoms with Crippen LogP contribution in [-0.4, -0.2) is 38.7 Å². The number of allylic oxidation sites excluding steroid dienone is 1. The van der Waals surface area contributed by atoms with Crippen LogP contribution in [0.15, 0.2) is 11.6 Å². The van der Waals surface area contributed by atoms with E-state index in [0.717, 1.165) is 31.5 Å². The molecule has 1 rings (SSSR count). The Morgan fingerprint density at radius 3 is 2.14 bits per heavy atom. The molecule has 0 aromatic carbocycles. The molecule has 21 heavy (non-hydrogen) atoms. The number of carbonyl (C=O) groups excluding carboxylic acids is 2. The molecule has 1 saturated heterocycles. The van der Waals surface area contributed by atoms with Gasteiger partial charge in [-0.2, -0.15) is 0 Å². The highest BCUT2D eigenvalue weighted by Gasteiger charge is 2.13. The fraction of sp³-hybridized carbons (Fsp3) is 0.750. The van der Waals surface area contributed by atoms with E-state index in [1.54, 1.807) is 6.92 Å². The van der Waals surface area contributed by atoms with E-state index in [-0.39, 0.29) is 5.97 Å². The Morgan fingerprint density at radius 2 is 1.76 bits per heavy atom. The van der Waals surface area contributed by atoms with Crippen LogP contribution in [0.2, 0.25) is 0 Å². The van der Waals surface area contributed by atoms with Gasteiger partial charge in [0.25, 0.3) is 6.47 Å². The third kappa shape index (κ3) is 13.4. The molecule has 1 aliphatic rings. The summed E-state index contributed by atoms with van der Waals surface area (Å²) in [6.45, 7) is 12.9. The minimum Gasteiger partial charge on any atom is -0.468 e. The Hall–Kier alpha value is -1.36. The van der Waals surface area contributed by atoms with Gasteiger partial charge in [0.2, 0.25) is 0 Å². The second-order valence-corrected chi connectivity index (χ2v) is 4.21. The molecule has 0 radical (unpaired) electrons. The van der Waals surface area contributed by atoms with Crippen molar-refractivity contribution >= 4 is 12.4 Å². The maximum absolute atomic E-state index is 11.3. The molecule has 1 N–H and O–H groups in total. The molecule has 0 bridgehead atoms. The van der Waals surface area contributed by atoms with Gasteiger partial charge in [-0.05, 0) is 52.6 Å². The number of rotatable bonds is 5. The number of carbonyl (C=O) groups is 2. The molecule has 1 fully saturated rings. The fourth-order valence-corrected chi connectivity index (χ4v) is 1.75. The van der Waals surface area contributed by atoms with Gasteiger partial charge in [-0.25, -0.2) is 4.79 Å². The Balaban J connectivity index is 0. The Morgan fingerprint density at radius 1 is 1.19 bits per heavy atom. The van der Waals surface area contributed by atoms with E-state index in [9.17, 15) is 9.59 Å². The zero-order chi connectivity index (χ0) is 16.5. The van der Waals surface area contributed by atoms with Gasteiger partial charge in [0.1, 0.15) is 0 Å². The standard InChI is InChI=1S/C11H19NO2.C3H6O2.C2H6/c1-3-14-11(13)9(2)8-10-4-6-12-7-5-10;1-2-5-3-4;1-2/h8,10,12H,3-7H2,1-2H3;3H,2H2,1H3;1-2H3/b9-8+;;. The molecule has 0 unspecified atom stereocenters. The van der Waals surface area contributed by atoms with E-state index in [0.29, 0.717) is 25.6 Å². The Kier molecular flexibility index (Phi) is 17.4. The molecule has 0 spiro atoms. The van der Waals surface area contributed by atoms with Crippen molar-refractivity contribution in [3.8, 4) is 0 Å². The number of ether oxygens (including phenoxy) is 2. The van der Waals surface area contributed by atoms with E-state index in [2.05, 4.69) is 16.1 Å². The predicted molar refractivity (Wildman–Crippen MR) is 85.0 cm³/mol. The lowest BCUT2D eigenvalue weighted by Gasteiger charge is -2.19. The van der Waals surface area contributed by atoms with Gasteiger partial charge in [0, 0.05) is 5.57 Å². The van der Waals surface area contributed by atoms with Gasteiger partial charge in [-0.1, -0.05) is 19.9 Å². The van der Waals surface area contributed by atoms with Gasteiger partial charge in [0.05, 0.1) is 13.2 Å². The summed E-state index contributed by atoms with van der Waals surface area (Å²) in [5.41, 5.74) is 0.749. The first-order chi connectivity index (χ1) is 10.2. The van der Waals surface area contributed by atoms with E-state index < -0.39 is 0 Å². The lowest BCUT2D eigenvalue weighted by Crippen LogP contribution is -2.27. The molecule has 0 aliphatic carbocycles. The van der Waals surface area contributed by atoms with Gasteiger partial charge in [-0.3, -0.25) is 4.79 Å². The summed E-state index contributed by atoms with van der Waals surface area (Å²) in [7, 11) is 0. The van der Waals surface area contributed by atoms with Gasteiger partial charge < -0.3 is 14.8 Å². The quantitative estimate of drug-likeness (QED) is 0.480. The molecule has 0 atom stereocenters. The van der Waals surface area contributed by atoms with Crippen molar-refractivity contribution in [3.63, 3.8) is 0 Å². The van der Waals surface area contributed by atoms with E-state index in [1.807, 2.05) is 27.7 Å². The van der Waals surface area contributed by atoms with Crippen molar-refractivity contribution in [2.24, 2.45) is 5.92 Å². The van der Waals surface area contributed by atoms with Crippen molar-refractivity contribution in [2.75, 3.05) is 26.3 Å². The number of piperidine rings is 1. The third-order valence-corrected chi connectivity index (χ3v) is 2.70. The molecule has 0 amide bonds. The monoisotopic (exact) mass is 301 g/mol. The highest BCUT2D eigenvalue weighted by atomic mass is 16.5. The number of esters is 1. The second kappa shape index (κ2) is 16.7. The molecule has 5 nitrogen and oxygen atoms in total. The van der Waals surface area contributed by atoms with Crippen LogP contribution in [0.3, 0.4) is 0 Å². The maximum Gasteiger partial charge on any atom is 0.333 e. The van der Waals surface area contributed by atoms with Crippen molar-refractivity contribution in [2.45, 2.75) is 47.5 Å². The zero-order valence-electron chi connectivity index (χ0n) is 14.1. The van der Waals surface area contributed by atoms with Crippen molar-refractivity contribution in [1.82, 2.24) is 5.32 Å². The smallest absolute Gasteiger partial charge is 0.333 e. The average molecular weight is 301 g/mol. The minimum atomic E-state index is -0.175. The first-order valence-electron chi connectivity index (χ1n) is 7.77. The van der Waals surface area contributed by atoms with E-state index in [1.165, 1.54) is 0 Å². The maximum atomic E-state index is 11.3. The third-order valence-electron chi connectivity index (χ3n) is 2.70. The van der Waals surface area contributed by atoms with Gasteiger partial charge >= 0.3 is 5.97 Å². The second-order valence-electron chi connectivity index (χ2n) is 4.21. The molecule has 0 saturated carbocycles. The summed E-state index contributed by atoms with van der Waals surface area (Å²) in [5.74, 6) is 0.367. The summed E-state index contributed by atoms with van der Waals surface area (Å²) in [6.07, 6.45) is 4.30. The van der Waals surface area contributed by atoms with Gasteiger partial charge in [0.15, 0.2) is 0 Å². The largest absolute Gasteiger partial charge is 0.468 e. The molecular formula is C16H31NO4. The predicted octanol–water partition coefficient (Wildman–Crippen LogP) is 2.70. The molecule has 5 heteroatoms. The zero-order valence-corrected chi connectivity index (χ0v) is 14.1. The number of hydrogen-bond acceptors (Lipinski definition) is 5. The van der Waals surface area contributed by atoms with Gasteiger partial charge in [-0.15, -0.1) is 0 Å². The molecule has 0 aromatic heterocycles. The summed E-state index contributed by atoms with van der Waals surface area (Å²) < 4.78 is 9.08. The minimum absolute atomic E-state index is 0.175. The van der Waals surface area contributed by atoms with Crippen LogP contribution in [0.5, 0.6) is 0 Å². The molecule has 1 aliphatic heterocycles. The topological polar surface area (TPSA) is 64.6 Å². The van der Waals surface area contributed by atoms with E-state index >= 15 is 0 Å². The number of hydrogen-bond donors (Lipinski definition) is 1. The van der Waals surface area contributed by atoms with Crippen molar-refractivity contribution in [1.29, 1.82) is 0 Å². The van der Waals surface area contributed by atoms with E-state index in [4.69, 9.17) is 4.74 Å². The van der Waals surface area contributed by atoms with Crippen LogP contribution in [0.25, 0.3) is 0 Å². The Bertz CT molecular complexity index is 284. The first-order valence-corrected chi connectivity index (χ1v) is 7.77. The summed E-state index contributed by atoms with van der Waals surface area (Å²) in [6, 6.07) is 0. The molecule has 1 heterocycles. The fourth-order valence-electron chi connectivity index (χ4n) is 1.75. The molecule has 0 aromatic rings. The summed E-state index contributed by atoms with van der Waals surface area (Å²) in [4.78, 5) is 20.5. The highest BCUT2D eigenvalue weighted by molar-refractivity contribution is 5.87. The summed E-state index contributed by atoms with van der Waals surface area (Å²) >= 11 is 0. The van der Waals surface area contributed by atoms with Crippen LogP contribution in [-0.2, 0) is 19.1 Å². The van der Waals surface area contributed by atoms with Crippen LogP contribution >= 0.6 is 0 Å². The molecule has 124 valence electrons. The van der Waals surface area contributed by atoms with Crippen molar-refractivity contribution in [3.05, 3.63) is 11.6 Å². The van der Waals surface area contributed by atoms with Crippen LogP contribution < -0.4 is 5.32 Å². The lowest BCUT2D eigenvalue weighted by atomic mass is 9.96. The van der Waals surface area contributed by atoms with Crippen LogP contribution in [0.1, 0.15) is 47.5 Å². The highest BCUT2D eigenvalue weighted by Crippen LogP contribution is 2.15. The average Bonchev–Trinajstić information content (AvgIpc) is 2.52.